The first-order valence-electron chi connectivity index (χ1n) is 5.41. The van der Waals surface area contributed by atoms with E-state index in [0.29, 0.717) is 25.8 Å². The average molecular weight is 227 g/mol. The first-order chi connectivity index (χ1) is 7.61. The first-order valence-corrected chi connectivity index (χ1v) is 5.41. The average Bonchev–Trinajstić information content (AvgIpc) is 2.73. The van der Waals surface area contributed by atoms with E-state index in [4.69, 9.17) is 5.73 Å². The number of rotatable bonds is 5. The molecular formula is C10H17N3O3. The van der Waals surface area contributed by atoms with Crippen molar-refractivity contribution in [3.05, 3.63) is 0 Å². The van der Waals surface area contributed by atoms with Crippen LogP contribution in [0.25, 0.3) is 0 Å². The molecule has 1 rings (SSSR count). The maximum absolute atomic E-state index is 12.0. The molecule has 1 fully saturated rings. The van der Waals surface area contributed by atoms with Crippen LogP contribution in [0.15, 0.2) is 0 Å². The van der Waals surface area contributed by atoms with Crippen LogP contribution in [-0.2, 0) is 14.4 Å². The predicted octanol–water partition coefficient (Wildman–Crippen LogP) is -1.01. The fraction of sp³-hybridized carbons (Fsp3) is 0.700. The van der Waals surface area contributed by atoms with Crippen LogP contribution in [-0.4, -0.2) is 41.8 Å². The van der Waals surface area contributed by atoms with Crippen molar-refractivity contribution in [2.24, 2.45) is 5.73 Å². The van der Waals surface area contributed by atoms with Crippen molar-refractivity contribution in [3.63, 3.8) is 0 Å². The number of carbonyl (C=O) groups is 3. The zero-order chi connectivity index (χ0) is 12.1. The number of hydrogen-bond acceptors (Lipinski definition) is 3. The molecule has 0 aromatic rings. The van der Waals surface area contributed by atoms with Gasteiger partial charge in [0, 0.05) is 6.54 Å². The third-order valence-electron chi connectivity index (χ3n) is 2.84. The van der Waals surface area contributed by atoms with Gasteiger partial charge in [0.2, 0.25) is 18.2 Å². The molecule has 0 spiro atoms. The minimum atomic E-state index is -0.558. The smallest absolute Gasteiger partial charge is 0.245 e. The molecule has 0 saturated carbocycles. The summed E-state index contributed by atoms with van der Waals surface area (Å²) in [6.07, 6.45) is 2.39. The van der Waals surface area contributed by atoms with Crippen molar-refractivity contribution >= 4 is 18.2 Å². The quantitative estimate of drug-likeness (QED) is 0.589. The van der Waals surface area contributed by atoms with Gasteiger partial charge in [-0.2, -0.15) is 0 Å². The molecule has 0 aromatic carbocycles. The van der Waals surface area contributed by atoms with Gasteiger partial charge in [-0.25, -0.2) is 0 Å². The van der Waals surface area contributed by atoms with Crippen molar-refractivity contribution in [3.8, 4) is 0 Å². The topological polar surface area (TPSA) is 92.5 Å². The lowest BCUT2D eigenvalue weighted by Crippen LogP contribution is -2.51. The fourth-order valence-corrected chi connectivity index (χ4v) is 1.97. The van der Waals surface area contributed by atoms with Gasteiger partial charge in [0.25, 0.3) is 0 Å². The number of nitrogens with zero attached hydrogens (tertiary/aromatic N) is 1. The molecule has 0 radical (unpaired) electrons. The largest absolute Gasteiger partial charge is 0.368 e. The Kier molecular flexibility index (Phi) is 4.28. The van der Waals surface area contributed by atoms with Gasteiger partial charge in [-0.3, -0.25) is 14.4 Å². The summed E-state index contributed by atoms with van der Waals surface area (Å²) in [5, 5.41) is 2.44. The van der Waals surface area contributed by atoms with E-state index in [1.54, 1.807) is 6.92 Å². The third kappa shape index (κ3) is 2.50. The minimum Gasteiger partial charge on any atom is -0.368 e. The molecule has 90 valence electrons. The molecule has 2 atom stereocenters. The van der Waals surface area contributed by atoms with Gasteiger partial charge in [-0.05, 0) is 19.3 Å². The molecule has 1 heterocycles. The zero-order valence-electron chi connectivity index (χ0n) is 9.31. The molecule has 3 amide bonds. The van der Waals surface area contributed by atoms with Crippen LogP contribution < -0.4 is 11.1 Å². The van der Waals surface area contributed by atoms with Crippen LogP contribution in [0.1, 0.15) is 26.2 Å². The van der Waals surface area contributed by atoms with Crippen LogP contribution in [0, 0.1) is 0 Å². The molecular weight excluding hydrogens is 210 g/mol. The van der Waals surface area contributed by atoms with Gasteiger partial charge >= 0.3 is 0 Å². The van der Waals surface area contributed by atoms with Crippen LogP contribution in [0.5, 0.6) is 0 Å². The van der Waals surface area contributed by atoms with Gasteiger partial charge in [-0.15, -0.1) is 0 Å². The van der Waals surface area contributed by atoms with Crippen molar-refractivity contribution in [2.45, 2.75) is 38.3 Å². The molecule has 0 aromatic heterocycles. The van der Waals surface area contributed by atoms with Crippen LogP contribution in [0.4, 0.5) is 0 Å². The van der Waals surface area contributed by atoms with Crippen LogP contribution in [0.3, 0.4) is 0 Å². The predicted molar refractivity (Wildman–Crippen MR) is 57.2 cm³/mol. The Morgan fingerprint density at radius 1 is 1.62 bits per heavy atom. The molecule has 3 N–H and O–H groups in total. The monoisotopic (exact) mass is 227 g/mol. The van der Waals surface area contributed by atoms with Crippen molar-refractivity contribution < 1.29 is 14.4 Å². The second kappa shape index (κ2) is 5.48. The lowest BCUT2D eigenvalue weighted by atomic mass is 10.1. The highest BCUT2D eigenvalue weighted by atomic mass is 16.2. The Balaban J connectivity index is 2.71. The molecule has 1 aliphatic rings. The fourth-order valence-electron chi connectivity index (χ4n) is 1.97. The molecule has 6 heteroatoms. The minimum absolute atomic E-state index is 0.226. The molecule has 0 aliphatic carbocycles. The summed E-state index contributed by atoms with van der Waals surface area (Å²) in [6, 6.07) is -1.08. The lowest BCUT2D eigenvalue weighted by Gasteiger charge is -2.26. The Bertz CT molecular complexity index is 293. The number of nitrogens with one attached hydrogen (secondary N) is 1. The Labute approximate surface area is 94.2 Å². The molecule has 0 bridgehead atoms. The maximum Gasteiger partial charge on any atom is 0.245 e. The summed E-state index contributed by atoms with van der Waals surface area (Å²) < 4.78 is 0. The first kappa shape index (κ1) is 12.5. The SMILES string of the molecule is CC[C@H](NC=O)C(=O)N1CCC[C@H]1C(N)=O. The van der Waals surface area contributed by atoms with E-state index in [1.165, 1.54) is 4.90 Å². The summed E-state index contributed by atoms with van der Waals surface area (Å²) >= 11 is 0. The molecule has 1 aliphatic heterocycles. The van der Waals surface area contributed by atoms with E-state index in [9.17, 15) is 14.4 Å². The van der Waals surface area contributed by atoms with Gasteiger partial charge in [0.15, 0.2) is 0 Å². The van der Waals surface area contributed by atoms with E-state index in [2.05, 4.69) is 5.32 Å². The summed E-state index contributed by atoms with van der Waals surface area (Å²) in [6.45, 7) is 2.33. The van der Waals surface area contributed by atoms with E-state index >= 15 is 0 Å². The van der Waals surface area contributed by atoms with Gasteiger partial charge in [-0.1, -0.05) is 6.92 Å². The summed E-state index contributed by atoms with van der Waals surface area (Å²) in [4.78, 5) is 34.9. The van der Waals surface area contributed by atoms with E-state index in [0.717, 1.165) is 6.42 Å². The van der Waals surface area contributed by atoms with Crippen LogP contribution in [0.2, 0.25) is 0 Å². The van der Waals surface area contributed by atoms with E-state index in [1.807, 2.05) is 0 Å². The van der Waals surface area contributed by atoms with Gasteiger partial charge < -0.3 is 16.0 Å². The number of carbonyl (C=O) groups excluding carboxylic acids is 3. The highest BCUT2D eigenvalue weighted by Crippen LogP contribution is 2.18. The number of likely N-dealkylation sites (tertiary alicyclic amines) is 1. The highest BCUT2D eigenvalue weighted by molar-refractivity contribution is 5.90. The third-order valence-corrected chi connectivity index (χ3v) is 2.84. The van der Waals surface area contributed by atoms with Gasteiger partial charge in [0.1, 0.15) is 12.1 Å². The standard InChI is InChI=1S/C10H17N3O3/c1-2-7(12-6-14)10(16)13-5-3-4-8(13)9(11)15/h6-8H,2-5H2,1H3,(H2,11,15)(H,12,14)/t7-,8-/m0/s1. The summed E-state index contributed by atoms with van der Waals surface area (Å²) in [5.74, 6) is -0.706. The lowest BCUT2D eigenvalue weighted by molar-refractivity contribution is -0.139. The Morgan fingerprint density at radius 3 is 2.81 bits per heavy atom. The summed E-state index contributed by atoms with van der Waals surface area (Å²) in [5.41, 5.74) is 5.22. The number of nitrogens with two attached hydrogens (primary N) is 1. The molecule has 0 unspecified atom stereocenters. The Hall–Kier alpha value is -1.59. The summed E-state index contributed by atoms with van der Waals surface area (Å²) in [7, 11) is 0. The zero-order valence-corrected chi connectivity index (χ0v) is 9.31. The van der Waals surface area contributed by atoms with Crippen LogP contribution >= 0.6 is 0 Å². The Morgan fingerprint density at radius 2 is 2.31 bits per heavy atom. The van der Waals surface area contributed by atoms with E-state index < -0.39 is 18.0 Å². The maximum atomic E-state index is 12.0. The van der Waals surface area contributed by atoms with Gasteiger partial charge in [0.05, 0.1) is 0 Å². The molecule has 1 saturated heterocycles. The molecule has 16 heavy (non-hydrogen) atoms. The normalized spacial score (nSPS) is 21.6. The van der Waals surface area contributed by atoms with Crippen molar-refractivity contribution in [2.75, 3.05) is 6.54 Å². The second-order valence-corrected chi connectivity index (χ2v) is 3.84. The van der Waals surface area contributed by atoms with Crippen molar-refractivity contribution in [1.82, 2.24) is 10.2 Å². The second-order valence-electron chi connectivity index (χ2n) is 3.84. The highest BCUT2D eigenvalue weighted by Gasteiger charge is 2.35. The molecule has 6 nitrogen and oxygen atoms in total. The number of amides is 3. The van der Waals surface area contributed by atoms with Crippen molar-refractivity contribution in [1.29, 1.82) is 0 Å². The number of hydrogen-bond donors (Lipinski definition) is 2. The van der Waals surface area contributed by atoms with E-state index in [-0.39, 0.29) is 5.91 Å². The number of primary amides is 1.